The van der Waals surface area contributed by atoms with Crippen LogP contribution in [0.1, 0.15) is 35.4 Å². The van der Waals surface area contributed by atoms with Gasteiger partial charge < -0.3 is 10.1 Å². The van der Waals surface area contributed by atoms with Gasteiger partial charge in [0.25, 0.3) is 11.5 Å². The average Bonchev–Trinajstić information content (AvgIpc) is 2.70. The van der Waals surface area contributed by atoms with Crippen LogP contribution in [0.25, 0.3) is 0 Å². The largest absolute Gasteiger partial charge is 0.379 e. The lowest BCUT2D eigenvalue weighted by Gasteiger charge is -2.31. The van der Waals surface area contributed by atoms with Gasteiger partial charge >= 0.3 is 0 Å². The van der Waals surface area contributed by atoms with E-state index >= 15 is 0 Å². The van der Waals surface area contributed by atoms with Crippen molar-refractivity contribution in [2.45, 2.75) is 25.9 Å². The maximum absolute atomic E-state index is 12.8. The summed E-state index contributed by atoms with van der Waals surface area (Å²) >= 11 is 0. The van der Waals surface area contributed by atoms with E-state index in [1.54, 1.807) is 0 Å². The Morgan fingerprint density at radius 2 is 1.93 bits per heavy atom. The summed E-state index contributed by atoms with van der Waals surface area (Å²) in [7, 11) is 0. The third-order valence-corrected chi connectivity index (χ3v) is 4.59. The van der Waals surface area contributed by atoms with Gasteiger partial charge in [0.1, 0.15) is 5.69 Å². The van der Waals surface area contributed by atoms with Gasteiger partial charge in [0.2, 0.25) is 0 Å². The standard InChI is InChI=1S/C20H26N4O3/c1-2-10-24-19(25)9-8-17(22-24)20(26)21-18(16-6-4-3-5-7-16)15-23-11-13-27-14-12-23/h3-9,18H,2,10-15H2,1H3,(H,21,26). The highest BCUT2D eigenvalue weighted by atomic mass is 16.5. The number of hydrogen-bond acceptors (Lipinski definition) is 5. The third kappa shape index (κ3) is 5.24. The van der Waals surface area contributed by atoms with Gasteiger partial charge in [-0.1, -0.05) is 37.3 Å². The van der Waals surface area contributed by atoms with E-state index in [4.69, 9.17) is 4.74 Å². The van der Waals surface area contributed by atoms with E-state index in [9.17, 15) is 9.59 Å². The minimum absolute atomic E-state index is 0.162. The van der Waals surface area contributed by atoms with Crippen LogP contribution in [-0.2, 0) is 11.3 Å². The number of benzene rings is 1. The van der Waals surface area contributed by atoms with E-state index in [0.717, 1.165) is 25.1 Å². The molecule has 1 aliphatic rings. The van der Waals surface area contributed by atoms with E-state index in [1.807, 2.05) is 37.3 Å². The number of nitrogens with zero attached hydrogens (tertiary/aromatic N) is 3. The summed E-state index contributed by atoms with van der Waals surface area (Å²) in [4.78, 5) is 26.9. The molecule has 3 rings (SSSR count). The van der Waals surface area contributed by atoms with E-state index in [0.29, 0.717) is 26.3 Å². The quantitative estimate of drug-likeness (QED) is 0.798. The molecular weight excluding hydrogens is 344 g/mol. The Kier molecular flexibility index (Phi) is 6.73. The van der Waals surface area contributed by atoms with Crippen molar-refractivity contribution < 1.29 is 9.53 Å². The van der Waals surface area contributed by atoms with Crippen molar-refractivity contribution in [1.29, 1.82) is 0 Å². The van der Waals surface area contributed by atoms with Crippen LogP contribution in [0.3, 0.4) is 0 Å². The van der Waals surface area contributed by atoms with Crippen molar-refractivity contribution in [2.75, 3.05) is 32.8 Å². The Balaban J connectivity index is 1.77. The molecule has 0 radical (unpaired) electrons. The Morgan fingerprint density at radius 1 is 1.19 bits per heavy atom. The first-order valence-electron chi connectivity index (χ1n) is 9.41. The van der Waals surface area contributed by atoms with Crippen molar-refractivity contribution in [3.63, 3.8) is 0 Å². The lowest BCUT2D eigenvalue weighted by atomic mass is 10.1. The topological polar surface area (TPSA) is 76.5 Å². The van der Waals surface area contributed by atoms with Crippen molar-refractivity contribution in [3.05, 3.63) is 64.1 Å². The van der Waals surface area contributed by atoms with E-state index in [-0.39, 0.29) is 23.2 Å². The molecule has 1 saturated heterocycles. The zero-order valence-electron chi connectivity index (χ0n) is 15.6. The van der Waals surface area contributed by atoms with Crippen molar-refractivity contribution >= 4 is 5.91 Å². The number of aromatic nitrogens is 2. The molecule has 1 aliphatic heterocycles. The first-order chi connectivity index (χ1) is 13.2. The lowest BCUT2D eigenvalue weighted by molar-refractivity contribution is 0.0332. The molecule has 27 heavy (non-hydrogen) atoms. The van der Waals surface area contributed by atoms with Gasteiger partial charge in [0.05, 0.1) is 19.3 Å². The second kappa shape index (κ2) is 9.43. The molecule has 0 saturated carbocycles. The monoisotopic (exact) mass is 370 g/mol. The minimum atomic E-state index is -0.276. The smallest absolute Gasteiger partial charge is 0.272 e. The second-order valence-corrected chi connectivity index (χ2v) is 6.63. The van der Waals surface area contributed by atoms with Crippen LogP contribution in [0.15, 0.2) is 47.3 Å². The summed E-state index contributed by atoms with van der Waals surface area (Å²) in [5.74, 6) is -0.276. The predicted molar refractivity (Wildman–Crippen MR) is 103 cm³/mol. The number of amides is 1. The van der Waals surface area contributed by atoms with Gasteiger partial charge in [-0.2, -0.15) is 5.10 Å². The van der Waals surface area contributed by atoms with Crippen molar-refractivity contribution in [2.24, 2.45) is 0 Å². The molecular formula is C20H26N4O3. The number of ether oxygens (including phenoxy) is 1. The molecule has 2 heterocycles. The van der Waals surface area contributed by atoms with E-state index < -0.39 is 0 Å². The van der Waals surface area contributed by atoms with Crippen LogP contribution in [0, 0.1) is 0 Å². The number of rotatable bonds is 7. The number of carbonyl (C=O) groups is 1. The van der Waals surface area contributed by atoms with Crippen LogP contribution in [0.4, 0.5) is 0 Å². The van der Waals surface area contributed by atoms with Gasteiger partial charge in [0, 0.05) is 32.2 Å². The number of morpholine rings is 1. The van der Waals surface area contributed by atoms with Gasteiger partial charge in [-0.05, 0) is 18.1 Å². The van der Waals surface area contributed by atoms with Gasteiger partial charge in [-0.3, -0.25) is 14.5 Å². The molecule has 0 bridgehead atoms. The Morgan fingerprint density at radius 3 is 2.63 bits per heavy atom. The van der Waals surface area contributed by atoms with E-state index in [1.165, 1.54) is 16.8 Å². The van der Waals surface area contributed by atoms with Crippen LogP contribution in [-0.4, -0.2) is 53.4 Å². The first kappa shape index (κ1) is 19.3. The maximum Gasteiger partial charge on any atom is 0.272 e. The molecule has 144 valence electrons. The highest BCUT2D eigenvalue weighted by molar-refractivity contribution is 5.92. The molecule has 1 aromatic carbocycles. The van der Waals surface area contributed by atoms with Gasteiger partial charge in [-0.25, -0.2) is 4.68 Å². The molecule has 7 nitrogen and oxygen atoms in total. The lowest BCUT2D eigenvalue weighted by Crippen LogP contribution is -2.43. The Labute approximate surface area is 158 Å². The molecule has 1 aromatic heterocycles. The fourth-order valence-corrected chi connectivity index (χ4v) is 3.14. The average molecular weight is 370 g/mol. The molecule has 1 N–H and O–H groups in total. The number of aryl methyl sites for hydroxylation is 1. The van der Waals surface area contributed by atoms with Crippen molar-refractivity contribution in [1.82, 2.24) is 20.0 Å². The number of carbonyl (C=O) groups excluding carboxylic acids is 1. The fourth-order valence-electron chi connectivity index (χ4n) is 3.14. The zero-order valence-corrected chi connectivity index (χ0v) is 15.6. The summed E-state index contributed by atoms with van der Waals surface area (Å²) in [5.41, 5.74) is 1.10. The number of nitrogens with one attached hydrogen (secondary N) is 1. The highest BCUT2D eigenvalue weighted by Gasteiger charge is 2.21. The third-order valence-electron chi connectivity index (χ3n) is 4.59. The Bertz CT molecular complexity index is 800. The molecule has 0 aliphatic carbocycles. The molecule has 2 aromatic rings. The highest BCUT2D eigenvalue weighted by Crippen LogP contribution is 2.16. The molecule has 1 amide bonds. The summed E-state index contributed by atoms with van der Waals surface area (Å²) in [6.07, 6.45) is 0.779. The predicted octanol–water partition coefficient (Wildman–Crippen LogP) is 1.46. The van der Waals surface area contributed by atoms with Gasteiger partial charge in [0.15, 0.2) is 0 Å². The summed E-state index contributed by atoms with van der Waals surface area (Å²) in [6, 6.07) is 12.6. The molecule has 1 fully saturated rings. The number of hydrogen-bond donors (Lipinski definition) is 1. The van der Waals surface area contributed by atoms with E-state index in [2.05, 4.69) is 15.3 Å². The minimum Gasteiger partial charge on any atom is -0.379 e. The summed E-state index contributed by atoms with van der Waals surface area (Å²) in [5, 5.41) is 7.30. The van der Waals surface area contributed by atoms with Crippen molar-refractivity contribution in [3.8, 4) is 0 Å². The van der Waals surface area contributed by atoms with Gasteiger partial charge in [-0.15, -0.1) is 0 Å². The SMILES string of the molecule is CCCn1nc(C(=O)NC(CN2CCOCC2)c2ccccc2)ccc1=O. The maximum atomic E-state index is 12.8. The Hall–Kier alpha value is -2.51. The van der Waals surface area contributed by atoms with Crippen LogP contribution in [0.2, 0.25) is 0 Å². The molecule has 7 heteroatoms. The summed E-state index contributed by atoms with van der Waals surface area (Å²) < 4.78 is 6.76. The zero-order chi connectivity index (χ0) is 19.1. The normalized spacial score (nSPS) is 16.0. The first-order valence-corrected chi connectivity index (χ1v) is 9.41. The van der Waals surface area contributed by atoms with Crippen LogP contribution >= 0.6 is 0 Å². The molecule has 1 atom stereocenters. The molecule has 1 unspecified atom stereocenters. The van der Waals surface area contributed by atoms with Crippen LogP contribution in [0.5, 0.6) is 0 Å². The summed E-state index contributed by atoms with van der Waals surface area (Å²) in [6.45, 7) is 6.27. The fraction of sp³-hybridized carbons (Fsp3) is 0.450. The second-order valence-electron chi connectivity index (χ2n) is 6.63. The molecule has 0 spiro atoms. The van der Waals surface area contributed by atoms with Crippen LogP contribution < -0.4 is 10.9 Å².